The van der Waals surface area contributed by atoms with Gasteiger partial charge in [0.2, 0.25) is 0 Å². The molecule has 1 aliphatic carbocycles. The third-order valence-electron chi connectivity index (χ3n) is 3.67. The number of imidazole rings is 1. The van der Waals surface area contributed by atoms with Crippen molar-refractivity contribution < 1.29 is 9.53 Å². The lowest BCUT2D eigenvalue weighted by molar-refractivity contribution is -0.123. The Morgan fingerprint density at radius 2 is 2.13 bits per heavy atom. The number of nitrogens with zero attached hydrogens (tertiary/aromatic N) is 1. The number of amides is 1. The minimum atomic E-state index is -0.0429. The summed E-state index contributed by atoms with van der Waals surface area (Å²) in [4.78, 5) is 18.8. The smallest absolute Gasteiger partial charge is 0.258 e. The molecule has 0 bridgehead atoms. The number of aromatic nitrogens is 2. The van der Waals surface area contributed by atoms with E-state index >= 15 is 0 Å². The van der Waals surface area contributed by atoms with E-state index in [-0.39, 0.29) is 12.5 Å². The van der Waals surface area contributed by atoms with Gasteiger partial charge in [-0.25, -0.2) is 4.98 Å². The Kier molecular flexibility index (Phi) is 5.26. The van der Waals surface area contributed by atoms with Crippen LogP contribution in [0, 0.1) is 0 Å². The number of aromatic amines is 1. The summed E-state index contributed by atoms with van der Waals surface area (Å²) in [6.07, 6.45) is 6.69. The van der Waals surface area contributed by atoms with Gasteiger partial charge in [-0.2, -0.15) is 0 Å². The lowest BCUT2D eigenvalue weighted by Crippen LogP contribution is -2.30. The zero-order chi connectivity index (χ0) is 15.9. The molecular weight excluding hydrogens is 292 g/mol. The van der Waals surface area contributed by atoms with Crippen molar-refractivity contribution in [3.63, 3.8) is 0 Å². The van der Waals surface area contributed by atoms with Crippen LogP contribution in [0.2, 0.25) is 0 Å². The Labute approximate surface area is 135 Å². The van der Waals surface area contributed by atoms with Crippen molar-refractivity contribution in [2.24, 2.45) is 0 Å². The molecule has 3 N–H and O–H groups in total. The molecule has 6 nitrogen and oxygen atoms in total. The van der Waals surface area contributed by atoms with Gasteiger partial charge in [0, 0.05) is 18.4 Å². The summed E-state index contributed by atoms with van der Waals surface area (Å²) in [5, 5.41) is 6.24. The van der Waals surface area contributed by atoms with E-state index in [0.29, 0.717) is 6.04 Å². The summed E-state index contributed by atoms with van der Waals surface area (Å²) < 4.78 is 5.49. The second-order valence-corrected chi connectivity index (χ2v) is 5.74. The number of carbonyl (C=O) groups excluding carboxylic acids is 1. The SMILES string of the molecule is O=C(COc1ccc(CCNCc2ncc[nH]2)cc1)NC1CC1. The van der Waals surface area contributed by atoms with Crippen LogP contribution in [0.1, 0.15) is 24.2 Å². The zero-order valence-corrected chi connectivity index (χ0v) is 13.0. The number of hydrogen-bond donors (Lipinski definition) is 3. The van der Waals surface area contributed by atoms with E-state index in [9.17, 15) is 4.79 Å². The molecule has 122 valence electrons. The molecule has 0 spiro atoms. The maximum atomic E-state index is 11.6. The van der Waals surface area contributed by atoms with Crippen LogP contribution >= 0.6 is 0 Å². The van der Waals surface area contributed by atoms with E-state index in [0.717, 1.165) is 43.9 Å². The number of benzene rings is 1. The topological polar surface area (TPSA) is 79.0 Å². The third-order valence-corrected chi connectivity index (χ3v) is 3.67. The highest BCUT2D eigenvalue weighted by Gasteiger charge is 2.23. The van der Waals surface area contributed by atoms with Crippen molar-refractivity contribution in [1.29, 1.82) is 0 Å². The molecule has 1 aromatic heterocycles. The number of hydrogen-bond acceptors (Lipinski definition) is 4. The van der Waals surface area contributed by atoms with E-state index in [1.54, 1.807) is 6.20 Å². The quantitative estimate of drug-likeness (QED) is 0.611. The fourth-order valence-corrected chi connectivity index (χ4v) is 2.23. The monoisotopic (exact) mass is 314 g/mol. The lowest BCUT2D eigenvalue weighted by Gasteiger charge is -2.08. The second-order valence-electron chi connectivity index (χ2n) is 5.74. The van der Waals surface area contributed by atoms with Gasteiger partial charge in [0.15, 0.2) is 6.61 Å². The van der Waals surface area contributed by atoms with Crippen LogP contribution in [0.15, 0.2) is 36.7 Å². The predicted octanol–water partition coefficient (Wildman–Crippen LogP) is 1.40. The molecule has 2 aromatic rings. The van der Waals surface area contributed by atoms with E-state index in [4.69, 9.17) is 4.74 Å². The zero-order valence-electron chi connectivity index (χ0n) is 13.0. The first-order valence-electron chi connectivity index (χ1n) is 8.00. The van der Waals surface area contributed by atoms with E-state index in [1.165, 1.54) is 5.56 Å². The van der Waals surface area contributed by atoms with Gasteiger partial charge in [-0.15, -0.1) is 0 Å². The first-order valence-corrected chi connectivity index (χ1v) is 8.00. The third kappa shape index (κ3) is 5.41. The summed E-state index contributed by atoms with van der Waals surface area (Å²) in [6.45, 7) is 1.70. The average molecular weight is 314 g/mol. The van der Waals surface area contributed by atoms with Crippen LogP contribution in [0.5, 0.6) is 5.75 Å². The van der Waals surface area contributed by atoms with E-state index < -0.39 is 0 Å². The first kappa shape index (κ1) is 15.6. The van der Waals surface area contributed by atoms with Crippen molar-refractivity contribution in [2.75, 3.05) is 13.2 Å². The van der Waals surface area contributed by atoms with Gasteiger partial charge in [-0.1, -0.05) is 12.1 Å². The van der Waals surface area contributed by atoms with Gasteiger partial charge in [-0.05, 0) is 43.5 Å². The molecule has 1 aliphatic rings. The molecule has 1 amide bonds. The van der Waals surface area contributed by atoms with Gasteiger partial charge in [-0.3, -0.25) is 4.79 Å². The van der Waals surface area contributed by atoms with Crippen LogP contribution in [-0.4, -0.2) is 35.1 Å². The van der Waals surface area contributed by atoms with Gasteiger partial charge >= 0.3 is 0 Å². The highest BCUT2D eigenvalue weighted by Crippen LogP contribution is 2.18. The van der Waals surface area contributed by atoms with Crippen LogP contribution in [0.4, 0.5) is 0 Å². The standard InChI is InChI=1S/C17H22N4O2/c22-17(21-14-3-4-14)12-23-15-5-1-13(2-6-15)7-8-18-11-16-19-9-10-20-16/h1-2,5-6,9-10,14,18H,3-4,7-8,11-12H2,(H,19,20)(H,21,22). The summed E-state index contributed by atoms with van der Waals surface area (Å²) in [5.74, 6) is 1.63. The molecule has 0 radical (unpaired) electrons. The molecule has 0 unspecified atom stereocenters. The van der Waals surface area contributed by atoms with Crippen molar-refractivity contribution in [2.45, 2.75) is 31.8 Å². The van der Waals surface area contributed by atoms with Gasteiger partial charge in [0.25, 0.3) is 5.91 Å². The molecule has 1 saturated carbocycles. The molecule has 1 heterocycles. The predicted molar refractivity (Wildman–Crippen MR) is 87.1 cm³/mol. The maximum absolute atomic E-state index is 11.6. The fourth-order valence-electron chi connectivity index (χ4n) is 2.23. The largest absolute Gasteiger partial charge is 0.484 e. The lowest BCUT2D eigenvalue weighted by atomic mass is 10.1. The van der Waals surface area contributed by atoms with Gasteiger partial charge in [0.1, 0.15) is 11.6 Å². The molecule has 3 rings (SSSR count). The minimum Gasteiger partial charge on any atom is -0.484 e. The fraction of sp³-hybridized carbons (Fsp3) is 0.412. The molecular formula is C17H22N4O2. The molecule has 1 aromatic carbocycles. The Balaban J connectivity index is 1.34. The van der Waals surface area contributed by atoms with Crippen molar-refractivity contribution in [3.05, 3.63) is 48.0 Å². The number of H-pyrrole nitrogens is 1. The minimum absolute atomic E-state index is 0.0429. The van der Waals surface area contributed by atoms with Gasteiger partial charge < -0.3 is 20.4 Å². The Bertz CT molecular complexity index is 606. The highest BCUT2D eigenvalue weighted by molar-refractivity contribution is 5.78. The molecule has 0 aliphatic heterocycles. The van der Waals surface area contributed by atoms with Crippen molar-refractivity contribution >= 4 is 5.91 Å². The molecule has 6 heteroatoms. The molecule has 23 heavy (non-hydrogen) atoms. The number of nitrogens with one attached hydrogen (secondary N) is 3. The van der Waals surface area contributed by atoms with E-state index in [1.807, 2.05) is 30.5 Å². The van der Waals surface area contributed by atoms with Crippen LogP contribution in [0.25, 0.3) is 0 Å². The molecule has 0 atom stereocenters. The Morgan fingerprint density at radius 1 is 1.30 bits per heavy atom. The summed E-state index contributed by atoms with van der Waals surface area (Å²) in [7, 11) is 0. The number of rotatable bonds is 9. The van der Waals surface area contributed by atoms with Crippen LogP contribution < -0.4 is 15.4 Å². The number of carbonyl (C=O) groups is 1. The van der Waals surface area contributed by atoms with Crippen molar-refractivity contribution in [3.8, 4) is 5.75 Å². The summed E-state index contributed by atoms with van der Waals surface area (Å²) in [5.41, 5.74) is 1.23. The first-order chi connectivity index (χ1) is 11.3. The normalized spacial score (nSPS) is 13.7. The maximum Gasteiger partial charge on any atom is 0.258 e. The summed E-state index contributed by atoms with van der Waals surface area (Å²) in [6, 6.07) is 8.26. The highest BCUT2D eigenvalue weighted by atomic mass is 16.5. The second kappa shape index (κ2) is 7.78. The van der Waals surface area contributed by atoms with E-state index in [2.05, 4.69) is 20.6 Å². The average Bonchev–Trinajstić information content (AvgIpc) is 3.22. The van der Waals surface area contributed by atoms with Crippen molar-refractivity contribution in [1.82, 2.24) is 20.6 Å². The molecule has 0 saturated heterocycles. The Morgan fingerprint density at radius 3 is 2.83 bits per heavy atom. The summed E-state index contributed by atoms with van der Waals surface area (Å²) >= 11 is 0. The Hall–Kier alpha value is -2.34. The van der Waals surface area contributed by atoms with Gasteiger partial charge in [0.05, 0.1) is 6.54 Å². The van der Waals surface area contributed by atoms with Crippen LogP contribution in [-0.2, 0) is 17.8 Å². The number of ether oxygens (including phenoxy) is 1. The van der Waals surface area contributed by atoms with Crippen LogP contribution in [0.3, 0.4) is 0 Å². The molecule has 1 fully saturated rings.